The molecule has 1 aliphatic heterocycles. The van der Waals surface area contributed by atoms with Gasteiger partial charge in [0.15, 0.2) is 0 Å². The number of hydrogen-bond donors (Lipinski definition) is 2. The molecule has 1 unspecified atom stereocenters. The van der Waals surface area contributed by atoms with Crippen molar-refractivity contribution < 1.29 is 9.59 Å². The molecule has 0 bridgehead atoms. The number of fused-ring (bicyclic) bond motifs is 2. The van der Waals surface area contributed by atoms with Crippen LogP contribution in [0, 0.1) is 0 Å². The van der Waals surface area contributed by atoms with Crippen molar-refractivity contribution in [2.24, 2.45) is 0 Å². The van der Waals surface area contributed by atoms with Crippen LogP contribution in [-0.4, -0.2) is 18.5 Å². The van der Waals surface area contributed by atoms with Crippen LogP contribution in [0.1, 0.15) is 24.0 Å². The second-order valence-corrected chi connectivity index (χ2v) is 5.79. The Balaban J connectivity index is 2.10. The van der Waals surface area contributed by atoms with Crippen LogP contribution in [0.4, 0.5) is 4.79 Å². The molecule has 1 atom stereocenters. The molecule has 94 valence electrons. The number of imide groups is 1. The Hall–Kier alpha value is -1.36. The molecule has 1 aromatic carbocycles. The number of carbonyl (C=O) groups is 2. The summed E-state index contributed by atoms with van der Waals surface area (Å²) in [6.45, 7) is 0.395. The van der Waals surface area contributed by atoms with Crippen molar-refractivity contribution in [1.29, 1.82) is 0 Å². The Bertz CT molecular complexity index is 544. The van der Waals surface area contributed by atoms with E-state index in [1.807, 2.05) is 12.1 Å². The summed E-state index contributed by atoms with van der Waals surface area (Å²) in [7, 11) is 0. The van der Waals surface area contributed by atoms with Crippen molar-refractivity contribution in [2.75, 3.05) is 6.54 Å². The van der Waals surface area contributed by atoms with Gasteiger partial charge in [-0.05, 0) is 42.5 Å². The van der Waals surface area contributed by atoms with Crippen LogP contribution >= 0.6 is 15.9 Å². The number of halogens is 1. The fourth-order valence-electron chi connectivity index (χ4n) is 2.95. The highest BCUT2D eigenvalue weighted by atomic mass is 79.9. The van der Waals surface area contributed by atoms with Gasteiger partial charge in [-0.2, -0.15) is 0 Å². The quantitative estimate of drug-likeness (QED) is 0.768. The monoisotopic (exact) mass is 308 g/mol. The summed E-state index contributed by atoms with van der Waals surface area (Å²) in [6, 6.07) is 5.63. The van der Waals surface area contributed by atoms with Gasteiger partial charge in [0.1, 0.15) is 0 Å². The van der Waals surface area contributed by atoms with Gasteiger partial charge in [-0.15, -0.1) is 0 Å². The average Bonchev–Trinajstić information content (AvgIpc) is 2.34. The molecular formula is C13H13BrN2O2. The van der Waals surface area contributed by atoms with Crippen LogP contribution in [0.25, 0.3) is 0 Å². The van der Waals surface area contributed by atoms with E-state index in [-0.39, 0.29) is 5.91 Å². The Morgan fingerprint density at radius 3 is 2.89 bits per heavy atom. The third kappa shape index (κ3) is 1.65. The molecule has 3 rings (SSSR count). The second kappa shape index (κ2) is 4.09. The second-order valence-electron chi connectivity index (χ2n) is 4.87. The van der Waals surface area contributed by atoms with Crippen molar-refractivity contribution in [3.05, 3.63) is 33.8 Å². The molecule has 18 heavy (non-hydrogen) atoms. The number of hydrogen-bond acceptors (Lipinski definition) is 2. The highest BCUT2D eigenvalue weighted by Crippen LogP contribution is 2.39. The molecule has 1 heterocycles. The zero-order valence-corrected chi connectivity index (χ0v) is 11.3. The summed E-state index contributed by atoms with van der Waals surface area (Å²) in [6.07, 6.45) is 2.73. The molecule has 1 fully saturated rings. The molecule has 5 heteroatoms. The largest absolute Gasteiger partial charge is 0.336 e. The van der Waals surface area contributed by atoms with E-state index in [4.69, 9.17) is 0 Å². The molecule has 1 aliphatic carbocycles. The number of urea groups is 1. The Morgan fingerprint density at radius 2 is 2.11 bits per heavy atom. The summed E-state index contributed by atoms with van der Waals surface area (Å²) >= 11 is 3.46. The van der Waals surface area contributed by atoms with E-state index in [2.05, 4.69) is 32.6 Å². The van der Waals surface area contributed by atoms with Gasteiger partial charge in [-0.25, -0.2) is 4.79 Å². The van der Waals surface area contributed by atoms with Gasteiger partial charge < -0.3 is 5.32 Å². The number of carbonyl (C=O) groups excluding carboxylic acids is 2. The van der Waals surface area contributed by atoms with Gasteiger partial charge in [0.2, 0.25) is 5.91 Å². The van der Waals surface area contributed by atoms with Crippen molar-refractivity contribution in [1.82, 2.24) is 10.6 Å². The van der Waals surface area contributed by atoms with Crippen molar-refractivity contribution >= 4 is 27.9 Å². The lowest BCUT2D eigenvalue weighted by Gasteiger charge is -2.40. The van der Waals surface area contributed by atoms with Crippen LogP contribution in [-0.2, 0) is 16.6 Å². The zero-order chi connectivity index (χ0) is 12.8. The fourth-order valence-corrected chi connectivity index (χ4v) is 3.36. The molecule has 1 spiro atoms. The predicted molar refractivity (Wildman–Crippen MR) is 70.3 cm³/mol. The Labute approximate surface area is 113 Å². The first-order chi connectivity index (χ1) is 8.62. The maximum absolute atomic E-state index is 12.2. The summed E-state index contributed by atoms with van der Waals surface area (Å²) in [5, 5.41) is 5.14. The van der Waals surface area contributed by atoms with Gasteiger partial charge >= 0.3 is 6.03 Å². The van der Waals surface area contributed by atoms with Crippen molar-refractivity contribution in [3.8, 4) is 0 Å². The van der Waals surface area contributed by atoms with E-state index in [1.165, 1.54) is 5.56 Å². The Kier molecular flexibility index (Phi) is 2.66. The molecule has 3 amide bonds. The summed E-state index contributed by atoms with van der Waals surface area (Å²) in [5.74, 6) is -0.172. The normalized spacial score (nSPS) is 26.5. The van der Waals surface area contributed by atoms with E-state index in [1.54, 1.807) is 0 Å². The van der Waals surface area contributed by atoms with Crippen LogP contribution in [0.2, 0.25) is 0 Å². The highest BCUT2D eigenvalue weighted by molar-refractivity contribution is 9.10. The van der Waals surface area contributed by atoms with E-state index in [9.17, 15) is 9.59 Å². The first kappa shape index (κ1) is 11.7. The van der Waals surface area contributed by atoms with Gasteiger partial charge in [-0.3, -0.25) is 10.1 Å². The molecule has 0 aromatic heterocycles. The van der Waals surface area contributed by atoms with Gasteiger partial charge in [0.25, 0.3) is 0 Å². The first-order valence-corrected chi connectivity index (χ1v) is 6.79. The van der Waals surface area contributed by atoms with E-state index >= 15 is 0 Å². The molecule has 1 saturated heterocycles. The summed E-state index contributed by atoms with van der Waals surface area (Å²) in [5.41, 5.74) is 1.67. The van der Waals surface area contributed by atoms with E-state index in [0.717, 1.165) is 29.3 Å². The lowest BCUT2D eigenvalue weighted by atomic mass is 9.68. The topological polar surface area (TPSA) is 58.2 Å². The van der Waals surface area contributed by atoms with Gasteiger partial charge in [-0.1, -0.05) is 22.0 Å². The lowest BCUT2D eigenvalue weighted by molar-refractivity contribution is -0.127. The number of amides is 3. The number of aryl methyl sites for hydroxylation is 1. The predicted octanol–water partition coefficient (Wildman–Crippen LogP) is 1.86. The zero-order valence-electron chi connectivity index (χ0n) is 9.75. The SMILES string of the molecule is O=C1NCC2(CCCc3cc(Br)ccc32)C(=O)N1. The molecule has 0 saturated carbocycles. The molecular weight excluding hydrogens is 296 g/mol. The van der Waals surface area contributed by atoms with Gasteiger partial charge in [0.05, 0.1) is 5.41 Å². The minimum absolute atomic E-state index is 0.172. The van der Waals surface area contributed by atoms with Crippen LogP contribution in [0.3, 0.4) is 0 Å². The minimum Gasteiger partial charge on any atom is -0.336 e. The number of rotatable bonds is 0. The van der Waals surface area contributed by atoms with Crippen LogP contribution in [0.15, 0.2) is 22.7 Å². The molecule has 2 aliphatic rings. The van der Waals surface area contributed by atoms with Gasteiger partial charge in [0, 0.05) is 11.0 Å². The lowest BCUT2D eigenvalue weighted by Crippen LogP contribution is -2.62. The maximum atomic E-state index is 12.2. The van der Waals surface area contributed by atoms with E-state index < -0.39 is 11.4 Å². The highest BCUT2D eigenvalue weighted by Gasteiger charge is 2.46. The maximum Gasteiger partial charge on any atom is 0.321 e. The fraction of sp³-hybridized carbons (Fsp3) is 0.385. The van der Waals surface area contributed by atoms with Crippen molar-refractivity contribution in [2.45, 2.75) is 24.7 Å². The first-order valence-electron chi connectivity index (χ1n) is 6.00. The smallest absolute Gasteiger partial charge is 0.321 e. The Morgan fingerprint density at radius 1 is 1.28 bits per heavy atom. The molecule has 2 N–H and O–H groups in total. The third-order valence-electron chi connectivity index (χ3n) is 3.84. The molecule has 1 aromatic rings. The van der Waals surface area contributed by atoms with Crippen molar-refractivity contribution in [3.63, 3.8) is 0 Å². The van der Waals surface area contributed by atoms with Crippen LogP contribution < -0.4 is 10.6 Å². The van der Waals surface area contributed by atoms with Crippen LogP contribution in [0.5, 0.6) is 0 Å². The van der Waals surface area contributed by atoms with E-state index in [0.29, 0.717) is 6.54 Å². The average molecular weight is 309 g/mol. The standard InChI is InChI=1S/C13H13BrN2O2/c14-9-3-4-10-8(6-9)2-1-5-13(10)7-15-12(18)16-11(13)17/h3-4,6H,1-2,5,7H2,(H2,15,16,17,18). The number of nitrogens with one attached hydrogen (secondary N) is 2. The third-order valence-corrected chi connectivity index (χ3v) is 4.34. The summed E-state index contributed by atoms with van der Waals surface area (Å²) in [4.78, 5) is 23.5. The summed E-state index contributed by atoms with van der Waals surface area (Å²) < 4.78 is 1.03. The molecule has 4 nitrogen and oxygen atoms in total. The number of benzene rings is 1. The minimum atomic E-state index is -0.581. The molecule has 0 radical (unpaired) electrons.